The molecule has 0 fully saturated rings. The number of rotatable bonds is 7. The van der Waals surface area contributed by atoms with Crippen LogP contribution in [0, 0.1) is 5.82 Å². The molecule has 0 aromatic heterocycles. The predicted octanol–water partition coefficient (Wildman–Crippen LogP) is 2.50. The summed E-state index contributed by atoms with van der Waals surface area (Å²) in [6.45, 7) is -0.404. The number of carbonyl (C=O) groups is 2. The Morgan fingerprint density at radius 3 is 2.48 bits per heavy atom. The Morgan fingerprint density at radius 2 is 1.85 bits per heavy atom. The first-order valence-corrected chi connectivity index (χ1v) is 8.20. The number of aliphatic hydroxyl groups excluding tert-OH is 2. The number of carboxylic acids is 1. The Balaban J connectivity index is 1.91. The first kappa shape index (κ1) is 20.6. The van der Waals surface area contributed by atoms with E-state index >= 15 is 0 Å². The number of aliphatic hydroxyl groups is 2. The molecule has 4 N–H and O–H groups in total. The highest BCUT2D eigenvalue weighted by atomic mass is 35.5. The molecule has 7 nitrogen and oxygen atoms in total. The first-order valence-electron chi connectivity index (χ1n) is 7.82. The van der Waals surface area contributed by atoms with E-state index in [4.69, 9.17) is 21.4 Å². The van der Waals surface area contributed by atoms with Crippen LogP contribution in [-0.4, -0.2) is 40.0 Å². The molecule has 0 aliphatic heterocycles. The molecule has 9 heteroatoms. The molecule has 144 valence electrons. The van der Waals surface area contributed by atoms with Crippen molar-refractivity contribution in [2.45, 2.75) is 18.8 Å². The molecule has 1 amide bonds. The SMILES string of the molecule is O=C(NCC(O)C(O)c1cc(Cl)c(C(=O)O)cc1F)OCc1ccccc1. The minimum Gasteiger partial charge on any atom is -0.478 e. The Hall–Kier alpha value is -2.68. The number of ether oxygens (including phenoxy) is 1. The Morgan fingerprint density at radius 1 is 1.19 bits per heavy atom. The van der Waals surface area contributed by atoms with Gasteiger partial charge in [-0.05, 0) is 17.7 Å². The van der Waals surface area contributed by atoms with E-state index in [1.54, 1.807) is 24.3 Å². The number of aromatic carboxylic acids is 1. The van der Waals surface area contributed by atoms with E-state index in [0.29, 0.717) is 6.07 Å². The van der Waals surface area contributed by atoms with E-state index in [1.807, 2.05) is 6.07 Å². The van der Waals surface area contributed by atoms with E-state index in [-0.39, 0.29) is 11.6 Å². The quantitative estimate of drug-likeness (QED) is 0.570. The summed E-state index contributed by atoms with van der Waals surface area (Å²) in [5, 5.41) is 30.8. The lowest BCUT2D eigenvalue weighted by atomic mass is 10.0. The van der Waals surface area contributed by atoms with E-state index in [0.717, 1.165) is 11.6 Å². The third-order valence-electron chi connectivity index (χ3n) is 3.67. The van der Waals surface area contributed by atoms with Crippen LogP contribution in [0.4, 0.5) is 9.18 Å². The number of hydrogen-bond acceptors (Lipinski definition) is 5. The van der Waals surface area contributed by atoms with Crippen molar-refractivity contribution in [1.29, 1.82) is 0 Å². The third kappa shape index (κ3) is 5.65. The highest BCUT2D eigenvalue weighted by molar-refractivity contribution is 6.33. The average Bonchev–Trinajstić information content (AvgIpc) is 2.65. The van der Waals surface area contributed by atoms with Crippen molar-refractivity contribution in [2.75, 3.05) is 6.54 Å². The van der Waals surface area contributed by atoms with Gasteiger partial charge in [0.05, 0.1) is 10.6 Å². The van der Waals surface area contributed by atoms with Gasteiger partial charge in [0, 0.05) is 12.1 Å². The van der Waals surface area contributed by atoms with E-state index in [9.17, 15) is 24.2 Å². The van der Waals surface area contributed by atoms with Crippen LogP contribution in [0.3, 0.4) is 0 Å². The van der Waals surface area contributed by atoms with Gasteiger partial charge in [-0.3, -0.25) is 0 Å². The standard InChI is InChI=1S/C18H17ClFNO6/c19-13-6-12(14(20)7-11(13)17(24)25)16(23)15(22)8-21-18(26)27-9-10-4-2-1-3-5-10/h1-7,15-16,22-23H,8-9H2,(H,21,26)(H,24,25). The molecule has 0 aliphatic rings. The Labute approximate surface area is 159 Å². The monoisotopic (exact) mass is 397 g/mol. The normalized spacial score (nSPS) is 12.9. The zero-order valence-electron chi connectivity index (χ0n) is 13.9. The van der Waals surface area contributed by atoms with Crippen molar-refractivity contribution in [3.63, 3.8) is 0 Å². The zero-order chi connectivity index (χ0) is 20.0. The van der Waals surface area contributed by atoms with Crippen molar-refractivity contribution in [3.8, 4) is 0 Å². The summed E-state index contributed by atoms with van der Waals surface area (Å²) in [6.07, 6.45) is -4.14. The lowest BCUT2D eigenvalue weighted by Gasteiger charge is -2.19. The number of carboxylic acid groups (broad SMARTS) is 1. The molecule has 2 unspecified atom stereocenters. The Bertz CT molecular complexity index is 817. The molecule has 2 aromatic rings. The molecule has 2 aromatic carbocycles. The van der Waals surface area contributed by atoms with Gasteiger partial charge >= 0.3 is 12.1 Å². The van der Waals surface area contributed by atoms with Crippen LogP contribution in [0.5, 0.6) is 0 Å². The Kier molecular flexibility index (Phi) is 7.12. The minimum atomic E-state index is -1.74. The fourth-order valence-corrected chi connectivity index (χ4v) is 2.49. The molecule has 2 rings (SSSR count). The highest BCUT2D eigenvalue weighted by Gasteiger charge is 2.25. The fourth-order valence-electron chi connectivity index (χ4n) is 2.23. The summed E-state index contributed by atoms with van der Waals surface area (Å²) in [5.74, 6) is -2.47. The summed E-state index contributed by atoms with van der Waals surface area (Å²) in [6, 6.07) is 10.5. The fraction of sp³-hybridized carbons (Fsp3) is 0.222. The van der Waals surface area contributed by atoms with Crippen LogP contribution in [0.2, 0.25) is 5.02 Å². The van der Waals surface area contributed by atoms with Gasteiger partial charge in [-0.15, -0.1) is 0 Å². The maximum absolute atomic E-state index is 14.0. The molecule has 0 spiro atoms. The summed E-state index contributed by atoms with van der Waals surface area (Å²) in [5.41, 5.74) is -0.0948. The van der Waals surface area contributed by atoms with Gasteiger partial charge in [-0.25, -0.2) is 14.0 Å². The zero-order valence-corrected chi connectivity index (χ0v) is 14.7. The highest BCUT2D eigenvalue weighted by Crippen LogP contribution is 2.27. The first-order chi connectivity index (χ1) is 12.8. The van der Waals surface area contributed by atoms with Crippen LogP contribution in [0.1, 0.15) is 27.6 Å². The van der Waals surface area contributed by atoms with Crippen LogP contribution >= 0.6 is 11.6 Å². The summed E-state index contributed by atoms with van der Waals surface area (Å²) < 4.78 is 18.9. The number of halogens is 2. The number of amides is 1. The topological polar surface area (TPSA) is 116 Å². The van der Waals surface area contributed by atoms with Crippen molar-refractivity contribution >= 4 is 23.7 Å². The maximum Gasteiger partial charge on any atom is 0.407 e. The second-order valence-electron chi connectivity index (χ2n) is 5.61. The van der Waals surface area contributed by atoms with Crippen molar-refractivity contribution in [1.82, 2.24) is 5.32 Å². The van der Waals surface area contributed by atoms with Crippen LogP contribution < -0.4 is 5.32 Å². The molecule has 2 atom stereocenters. The van der Waals surface area contributed by atoms with Crippen molar-refractivity contribution < 1.29 is 34.0 Å². The smallest absolute Gasteiger partial charge is 0.407 e. The lowest BCUT2D eigenvalue weighted by molar-refractivity contribution is 0.0164. The molecule has 0 saturated carbocycles. The molecule has 0 heterocycles. The summed E-state index contributed by atoms with van der Waals surface area (Å²) in [4.78, 5) is 22.5. The van der Waals surface area contributed by atoms with Gasteiger partial charge in [0.1, 0.15) is 24.6 Å². The molecular weight excluding hydrogens is 381 g/mol. The van der Waals surface area contributed by atoms with Gasteiger partial charge in [-0.1, -0.05) is 41.9 Å². The minimum absolute atomic E-state index is 0.0200. The van der Waals surface area contributed by atoms with Gasteiger partial charge in [0.25, 0.3) is 0 Å². The number of nitrogens with one attached hydrogen (secondary N) is 1. The largest absolute Gasteiger partial charge is 0.478 e. The molecule has 0 radical (unpaired) electrons. The van der Waals surface area contributed by atoms with Crippen molar-refractivity contribution in [3.05, 3.63) is 70.0 Å². The number of carbonyl (C=O) groups excluding carboxylic acids is 1. The molecule has 0 saturated heterocycles. The van der Waals surface area contributed by atoms with Crippen LogP contribution in [-0.2, 0) is 11.3 Å². The van der Waals surface area contributed by atoms with Gasteiger partial charge in [0.2, 0.25) is 0 Å². The summed E-state index contributed by atoms with van der Waals surface area (Å²) in [7, 11) is 0. The molecule has 0 bridgehead atoms. The number of hydrogen-bond donors (Lipinski definition) is 4. The van der Waals surface area contributed by atoms with E-state index in [2.05, 4.69) is 5.32 Å². The number of alkyl carbamates (subject to hydrolysis) is 1. The molecule has 27 heavy (non-hydrogen) atoms. The van der Waals surface area contributed by atoms with E-state index in [1.165, 1.54) is 0 Å². The molecule has 0 aliphatic carbocycles. The van der Waals surface area contributed by atoms with E-state index < -0.39 is 47.8 Å². The van der Waals surface area contributed by atoms with Gasteiger partial charge < -0.3 is 25.4 Å². The average molecular weight is 398 g/mol. The van der Waals surface area contributed by atoms with Crippen LogP contribution in [0.15, 0.2) is 42.5 Å². The molecular formula is C18H17ClFNO6. The number of benzene rings is 2. The third-order valence-corrected chi connectivity index (χ3v) is 3.98. The predicted molar refractivity (Wildman–Crippen MR) is 94.0 cm³/mol. The van der Waals surface area contributed by atoms with Crippen LogP contribution in [0.25, 0.3) is 0 Å². The lowest BCUT2D eigenvalue weighted by Crippen LogP contribution is -2.36. The van der Waals surface area contributed by atoms with Crippen molar-refractivity contribution in [2.24, 2.45) is 0 Å². The second-order valence-corrected chi connectivity index (χ2v) is 6.02. The van der Waals surface area contributed by atoms with Gasteiger partial charge in [-0.2, -0.15) is 0 Å². The maximum atomic E-state index is 14.0. The second kappa shape index (κ2) is 9.31. The summed E-state index contributed by atoms with van der Waals surface area (Å²) >= 11 is 5.74. The van der Waals surface area contributed by atoms with Gasteiger partial charge in [0.15, 0.2) is 0 Å².